The number of amides is 1. The molecule has 1 amide bonds. The molecule has 0 radical (unpaired) electrons. The number of carbonyl (C=O) groups excluding carboxylic acids is 1. The van der Waals surface area contributed by atoms with Crippen LogP contribution in [0.1, 0.15) is 0 Å². The fourth-order valence-corrected chi connectivity index (χ4v) is 2.96. The standard InChI is InChI=1S/C21H15ClN4O/c22-16-5-8-18(9-6-16)26(14-27)20-4-2-12-24-21(20)25-17-7-10-19-15(13-17)3-1-11-23-19/h1-14H,(H,24,25). The summed E-state index contributed by atoms with van der Waals surface area (Å²) in [5.74, 6) is 0.572. The van der Waals surface area contributed by atoms with Crippen LogP contribution in [0.4, 0.5) is 22.9 Å². The number of hydrogen-bond donors (Lipinski definition) is 1. The van der Waals surface area contributed by atoms with E-state index >= 15 is 0 Å². The van der Waals surface area contributed by atoms with Crippen LogP contribution in [0, 0.1) is 0 Å². The Morgan fingerprint density at radius 3 is 2.52 bits per heavy atom. The molecule has 2 aromatic carbocycles. The van der Waals surface area contributed by atoms with Crippen LogP contribution in [-0.4, -0.2) is 16.4 Å². The second kappa shape index (κ2) is 7.43. The van der Waals surface area contributed by atoms with Gasteiger partial charge in [0.05, 0.1) is 11.2 Å². The Kier molecular flexibility index (Phi) is 4.68. The van der Waals surface area contributed by atoms with Crippen LogP contribution in [0.25, 0.3) is 10.9 Å². The van der Waals surface area contributed by atoms with Crippen molar-refractivity contribution < 1.29 is 4.79 Å². The van der Waals surface area contributed by atoms with Crippen LogP contribution in [0.5, 0.6) is 0 Å². The third kappa shape index (κ3) is 3.59. The highest BCUT2D eigenvalue weighted by molar-refractivity contribution is 6.30. The first-order valence-electron chi connectivity index (χ1n) is 8.31. The summed E-state index contributed by atoms with van der Waals surface area (Å²) in [6.45, 7) is 0. The number of aromatic nitrogens is 2. The summed E-state index contributed by atoms with van der Waals surface area (Å²) in [6.07, 6.45) is 4.20. The maximum Gasteiger partial charge on any atom is 0.218 e. The van der Waals surface area contributed by atoms with E-state index in [-0.39, 0.29) is 0 Å². The average Bonchev–Trinajstić information content (AvgIpc) is 2.71. The van der Waals surface area contributed by atoms with Crippen molar-refractivity contribution in [3.8, 4) is 0 Å². The highest BCUT2D eigenvalue weighted by Crippen LogP contribution is 2.32. The van der Waals surface area contributed by atoms with Gasteiger partial charge in [0.1, 0.15) is 0 Å². The van der Waals surface area contributed by atoms with Gasteiger partial charge in [0.2, 0.25) is 6.41 Å². The van der Waals surface area contributed by atoms with Crippen LogP contribution in [0.2, 0.25) is 5.02 Å². The van der Waals surface area contributed by atoms with Gasteiger partial charge >= 0.3 is 0 Å². The fourth-order valence-electron chi connectivity index (χ4n) is 2.84. The van der Waals surface area contributed by atoms with Gasteiger partial charge in [-0.3, -0.25) is 14.7 Å². The van der Waals surface area contributed by atoms with E-state index < -0.39 is 0 Å². The summed E-state index contributed by atoms with van der Waals surface area (Å²) in [4.78, 5) is 22.1. The van der Waals surface area contributed by atoms with Crippen molar-refractivity contribution in [3.63, 3.8) is 0 Å². The van der Waals surface area contributed by atoms with Gasteiger partial charge in [0.25, 0.3) is 0 Å². The third-order valence-electron chi connectivity index (χ3n) is 4.12. The van der Waals surface area contributed by atoms with Gasteiger partial charge in [0, 0.05) is 34.2 Å². The van der Waals surface area contributed by atoms with Crippen LogP contribution >= 0.6 is 11.6 Å². The summed E-state index contributed by atoms with van der Waals surface area (Å²) < 4.78 is 0. The van der Waals surface area contributed by atoms with Crippen LogP contribution < -0.4 is 10.2 Å². The Balaban J connectivity index is 1.71. The van der Waals surface area contributed by atoms with Crippen molar-refractivity contribution in [2.75, 3.05) is 10.2 Å². The zero-order chi connectivity index (χ0) is 18.6. The second-order valence-corrected chi connectivity index (χ2v) is 6.30. The quantitative estimate of drug-likeness (QED) is 0.480. The lowest BCUT2D eigenvalue weighted by Crippen LogP contribution is -2.16. The number of fused-ring (bicyclic) bond motifs is 1. The Bertz CT molecular complexity index is 1100. The van der Waals surface area contributed by atoms with Gasteiger partial charge in [-0.15, -0.1) is 0 Å². The van der Waals surface area contributed by atoms with Crippen molar-refractivity contribution in [2.24, 2.45) is 0 Å². The van der Waals surface area contributed by atoms with E-state index in [0.29, 0.717) is 22.2 Å². The molecule has 0 bridgehead atoms. The van der Waals surface area contributed by atoms with E-state index in [2.05, 4.69) is 15.3 Å². The number of benzene rings is 2. The van der Waals surface area contributed by atoms with Crippen molar-refractivity contribution in [1.82, 2.24) is 9.97 Å². The molecule has 0 aliphatic heterocycles. The number of anilines is 4. The summed E-state index contributed by atoms with van der Waals surface area (Å²) in [7, 11) is 0. The number of nitrogens with zero attached hydrogens (tertiary/aromatic N) is 3. The molecule has 2 heterocycles. The molecule has 0 aliphatic rings. The molecule has 0 aliphatic carbocycles. The summed E-state index contributed by atoms with van der Waals surface area (Å²) in [5.41, 5.74) is 3.12. The van der Waals surface area contributed by atoms with E-state index in [1.165, 1.54) is 4.90 Å². The molecule has 5 nitrogen and oxygen atoms in total. The lowest BCUT2D eigenvalue weighted by Gasteiger charge is -2.21. The third-order valence-corrected chi connectivity index (χ3v) is 4.37. The minimum absolute atomic E-state index is 0.572. The molecule has 0 unspecified atom stereocenters. The first kappa shape index (κ1) is 17.0. The van der Waals surface area contributed by atoms with Crippen molar-refractivity contribution >= 4 is 51.8 Å². The van der Waals surface area contributed by atoms with Gasteiger partial charge in [0.15, 0.2) is 5.82 Å². The molecule has 0 saturated carbocycles. The maximum absolute atomic E-state index is 11.8. The monoisotopic (exact) mass is 374 g/mol. The Morgan fingerprint density at radius 1 is 0.926 bits per heavy atom. The van der Waals surface area contributed by atoms with Crippen LogP contribution in [0.15, 0.2) is 79.1 Å². The number of pyridine rings is 2. The molecule has 4 aromatic rings. The molecule has 6 heteroatoms. The molecular formula is C21H15ClN4O. The molecule has 132 valence electrons. The summed E-state index contributed by atoms with van der Waals surface area (Å²) in [5, 5.41) is 4.92. The summed E-state index contributed by atoms with van der Waals surface area (Å²) in [6, 6.07) is 20.4. The van der Waals surface area contributed by atoms with E-state index in [1.54, 1.807) is 42.7 Å². The normalized spacial score (nSPS) is 10.6. The van der Waals surface area contributed by atoms with Crippen LogP contribution in [-0.2, 0) is 4.79 Å². The average molecular weight is 375 g/mol. The molecule has 0 spiro atoms. The SMILES string of the molecule is O=CN(c1ccc(Cl)cc1)c1cccnc1Nc1ccc2ncccc2c1. The lowest BCUT2D eigenvalue weighted by atomic mass is 10.2. The highest BCUT2D eigenvalue weighted by Gasteiger charge is 2.14. The molecule has 0 atom stereocenters. The molecular weight excluding hydrogens is 360 g/mol. The van der Waals surface area contributed by atoms with Crippen LogP contribution in [0.3, 0.4) is 0 Å². The van der Waals surface area contributed by atoms with Gasteiger partial charge in [-0.1, -0.05) is 17.7 Å². The van der Waals surface area contributed by atoms with E-state index in [4.69, 9.17) is 11.6 Å². The van der Waals surface area contributed by atoms with Gasteiger partial charge in [-0.2, -0.15) is 0 Å². The first-order chi connectivity index (χ1) is 13.2. The number of nitrogens with one attached hydrogen (secondary N) is 1. The minimum atomic E-state index is 0.572. The van der Waals surface area contributed by atoms with Gasteiger partial charge < -0.3 is 5.32 Å². The molecule has 0 saturated heterocycles. The molecule has 27 heavy (non-hydrogen) atoms. The largest absolute Gasteiger partial charge is 0.338 e. The molecule has 0 fully saturated rings. The Hall–Kier alpha value is -3.44. The van der Waals surface area contributed by atoms with Crippen molar-refractivity contribution in [1.29, 1.82) is 0 Å². The zero-order valence-corrected chi connectivity index (χ0v) is 15.0. The van der Waals surface area contributed by atoms with Crippen molar-refractivity contribution in [2.45, 2.75) is 0 Å². The lowest BCUT2D eigenvalue weighted by molar-refractivity contribution is -0.106. The van der Waals surface area contributed by atoms with Gasteiger partial charge in [-0.05, 0) is 60.7 Å². The maximum atomic E-state index is 11.8. The van der Waals surface area contributed by atoms with E-state index in [9.17, 15) is 4.79 Å². The number of rotatable bonds is 5. The zero-order valence-electron chi connectivity index (χ0n) is 14.2. The molecule has 4 rings (SSSR count). The highest BCUT2D eigenvalue weighted by atomic mass is 35.5. The van der Waals surface area contributed by atoms with E-state index in [1.807, 2.05) is 36.4 Å². The summed E-state index contributed by atoms with van der Waals surface area (Å²) >= 11 is 5.96. The fraction of sp³-hybridized carbons (Fsp3) is 0. The number of hydrogen-bond acceptors (Lipinski definition) is 4. The number of carbonyl (C=O) groups is 1. The van der Waals surface area contributed by atoms with E-state index in [0.717, 1.165) is 23.0 Å². The minimum Gasteiger partial charge on any atom is -0.338 e. The van der Waals surface area contributed by atoms with Crippen molar-refractivity contribution in [3.05, 3.63) is 84.1 Å². The first-order valence-corrected chi connectivity index (χ1v) is 8.69. The Morgan fingerprint density at radius 2 is 1.70 bits per heavy atom. The second-order valence-electron chi connectivity index (χ2n) is 5.86. The Labute approximate surface area is 161 Å². The topological polar surface area (TPSA) is 58.1 Å². The van der Waals surface area contributed by atoms with Gasteiger partial charge in [-0.25, -0.2) is 4.98 Å². The predicted octanol–water partition coefficient (Wildman–Crippen LogP) is 5.32. The molecule has 1 N–H and O–H groups in total. The smallest absolute Gasteiger partial charge is 0.218 e. The molecule has 2 aromatic heterocycles. The number of halogens is 1. The predicted molar refractivity (Wildman–Crippen MR) is 109 cm³/mol.